The van der Waals surface area contributed by atoms with Gasteiger partial charge in [0.15, 0.2) is 0 Å². The first-order chi connectivity index (χ1) is 3.15. The summed E-state index contributed by atoms with van der Waals surface area (Å²) in [7, 11) is 0. The smallest absolute Gasteiger partial charge is 0.291 e. The summed E-state index contributed by atoms with van der Waals surface area (Å²) in [5.41, 5.74) is 0. The summed E-state index contributed by atoms with van der Waals surface area (Å²) in [6.45, 7) is 0. The molecule has 7 nitrogen and oxygen atoms in total. The van der Waals surface area contributed by atoms with E-state index in [0.717, 1.165) is 0 Å². The lowest BCUT2D eigenvalue weighted by atomic mass is 13.1. The molecule has 0 heterocycles. The minimum atomic E-state index is -1.50. The van der Waals surface area contributed by atoms with Crippen molar-refractivity contribution in [3.8, 4) is 0 Å². The van der Waals surface area contributed by atoms with Crippen LogP contribution in [0, 0.1) is 20.2 Å². The molecule has 0 aromatic rings. The number of nitrogens with zero attached hydrogens (tertiary/aromatic N) is 1. The van der Waals surface area contributed by atoms with Crippen LogP contribution >= 0.6 is 0 Å². The average Bonchev–Trinajstić information content (AvgIpc) is 1.33. The molecule has 2 N–H and O–H groups in total. The van der Waals surface area contributed by atoms with Gasteiger partial charge in [0.2, 0.25) is 0 Å². The Kier molecular flexibility index (Phi) is 11.5. The van der Waals surface area contributed by atoms with E-state index < -0.39 is 5.09 Å². The molecule has 0 aliphatic carbocycles. The van der Waals surface area contributed by atoms with Gasteiger partial charge < -0.3 is 5.21 Å². The fourth-order valence-corrected chi connectivity index (χ4v) is 0. The lowest BCUT2D eigenvalue weighted by molar-refractivity contribution is -0.742. The zero-order valence-corrected chi connectivity index (χ0v) is 3.03. The summed E-state index contributed by atoms with van der Waals surface area (Å²) in [4.78, 5) is 16.5. The van der Waals surface area contributed by atoms with Crippen molar-refractivity contribution in [1.29, 1.82) is 0 Å². The Hall–Kier alpha value is -1.40. The normalized spacial score (nSPS) is 5.14. The van der Waals surface area contributed by atoms with Crippen LogP contribution in [-0.2, 0) is 0 Å². The lowest BCUT2D eigenvalue weighted by Crippen LogP contribution is -2.53. The van der Waals surface area contributed by atoms with Crippen molar-refractivity contribution < 1.29 is 15.6 Å². The maximum Gasteiger partial charge on any atom is 0.291 e. The van der Waals surface area contributed by atoms with Gasteiger partial charge >= 0.3 is 0 Å². The van der Waals surface area contributed by atoms with Crippen LogP contribution in [0.15, 0.2) is 0 Å². The molecule has 0 aliphatic heterocycles. The zero-order valence-electron chi connectivity index (χ0n) is 3.03. The number of hydrogen-bond donors (Lipinski definition) is 2. The van der Waals surface area contributed by atoms with Gasteiger partial charge in [-0.05, 0) is 0 Å². The summed E-state index contributed by atoms with van der Waals surface area (Å²) < 4.78 is 0. The molecule has 0 saturated heterocycles. The van der Waals surface area contributed by atoms with Crippen molar-refractivity contribution in [3.05, 3.63) is 20.2 Å². The highest BCUT2D eigenvalue weighted by molar-refractivity contribution is 3.83. The molecular formula is H2N2O5. The van der Waals surface area contributed by atoms with Gasteiger partial charge in [-0.1, -0.05) is 0 Å². The standard InChI is InChI=1S/HNO3.HNO2/c2-1(3)4;2-1-3/h(H,2,3,4);1H. The fraction of sp³-hybridized carbons (Fsp3) is 0. The van der Waals surface area contributed by atoms with Gasteiger partial charge in [-0.25, -0.2) is 0 Å². The van der Waals surface area contributed by atoms with Crippen LogP contribution < -0.4 is 5.34 Å². The summed E-state index contributed by atoms with van der Waals surface area (Å²) in [5.74, 6) is 0. The minimum absolute atomic E-state index is 0.250. The second-order valence-corrected chi connectivity index (χ2v) is 0.321. The Morgan fingerprint density at radius 2 is 1.71 bits per heavy atom. The first kappa shape index (κ1) is 9.14. The van der Waals surface area contributed by atoms with Crippen LogP contribution in [0.4, 0.5) is 0 Å². The monoisotopic (exact) mass is 110 g/mol. The van der Waals surface area contributed by atoms with Gasteiger partial charge in [-0.2, -0.15) is 0 Å². The van der Waals surface area contributed by atoms with Gasteiger partial charge in [0, 0.05) is 5.34 Å². The average molecular weight is 110 g/mol. The van der Waals surface area contributed by atoms with Crippen LogP contribution in [0.25, 0.3) is 0 Å². The Labute approximate surface area is 37.2 Å². The summed E-state index contributed by atoms with van der Waals surface area (Å²) in [5, 5.41) is 22.0. The van der Waals surface area contributed by atoms with Crippen LogP contribution in [-0.4, -0.2) is 10.3 Å². The van der Waals surface area contributed by atoms with E-state index in [1.54, 1.807) is 0 Å². The second kappa shape index (κ2) is 8.82. The molecule has 0 aromatic heterocycles. The van der Waals surface area contributed by atoms with Crippen LogP contribution in [0.1, 0.15) is 0 Å². The summed E-state index contributed by atoms with van der Waals surface area (Å²) >= 11 is 0. The van der Waals surface area contributed by atoms with E-state index in [4.69, 9.17) is 25.4 Å². The first-order valence-corrected chi connectivity index (χ1v) is 0.973. The van der Waals surface area contributed by atoms with E-state index in [1.165, 1.54) is 0 Å². The van der Waals surface area contributed by atoms with E-state index in [1.807, 2.05) is 0 Å². The van der Waals surface area contributed by atoms with E-state index >= 15 is 0 Å². The Morgan fingerprint density at radius 3 is 1.71 bits per heavy atom. The van der Waals surface area contributed by atoms with Crippen LogP contribution in [0.5, 0.6) is 0 Å². The molecule has 0 saturated carbocycles. The molecule has 0 rings (SSSR count). The molecule has 0 atom stereocenters. The molecule has 0 aromatic carbocycles. The molecule has 7 heteroatoms. The molecule has 42 valence electrons. The number of nitrogens with one attached hydrogen (secondary N) is 1. The third-order valence-electron chi connectivity index (χ3n) is 0. The third-order valence-corrected chi connectivity index (χ3v) is 0. The van der Waals surface area contributed by atoms with Crippen LogP contribution in [0.3, 0.4) is 0 Å². The SMILES string of the molecule is O=[N+]([O-])O.O=[NH+][O-]. The highest BCUT2D eigenvalue weighted by Gasteiger charge is 1.65. The van der Waals surface area contributed by atoms with Crippen molar-refractivity contribution >= 4 is 0 Å². The van der Waals surface area contributed by atoms with Gasteiger partial charge in [0.1, 0.15) is 0 Å². The van der Waals surface area contributed by atoms with Crippen molar-refractivity contribution in [2.24, 2.45) is 0 Å². The molecule has 7 heavy (non-hydrogen) atoms. The third kappa shape index (κ3) is 15.9. The molecule has 0 fully saturated rings. The summed E-state index contributed by atoms with van der Waals surface area (Å²) in [6.07, 6.45) is 0. The van der Waals surface area contributed by atoms with Crippen LogP contribution in [0.2, 0.25) is 0 Å². The topological polar surface area (TPSA) is 117 Å². The Balaban J connectivity index is 0. The fourth-order valence-electron chi connectivity index (χ4n) is 0. The van der Waals surface area contributed by atoms with Gasteiger partial charge in [0.05, 0.1) is 0 Å². The second-order valence-electron chi connectivity index (χ2n) is 0.321. The molecular weight excluding hydrogens is 108 g/mol. The highest BCUT2D eigenvalue weighted by Crippen LogP contribution is 1.38. The maximum absolute atomic E-state index is 8.36. The molecule has 0 bridgehead atoms. The van der Waals surface area contributed by atoms with Crippen molar-refractivity contribution in [1.82, 2.24) is 0 Å². The van der Waals surface area contributed by atoms with E-state index in [-0.39, 0.29) is 5.34 Å². The molecule has 0 unspecified atom stereocenters. The quantitative estimate of drug-likeness (QED) is 0.275. The van der Waals surface area contributed by atoms with E-state index in [9.17, 15) is 0 Å². The Morgan fingerprint density at radius 1 is 1.71 bits per heavy atom. The number of rotatable bonds is 0. The van der Waals surface area contributed by atoms with Crippen molar-refractivity contribution in [2.45, 2.75) is 0 Å². The zero-order chi connectivity index (χ0) is 6.28. The minimum Gasteiger partial charge on any atom is -0.328 e. The van der Waals surface area contributed by atoms with Gasteiger partial charge in [0.25, 0.3) is 5.09 Å². The van der Waals surface area contributed by atoms with Crippen molar-refractivity contribution in [2.75, 3.05) is 0 Å². The molecule has 0 radical (unpaired) electrons. The van der Waals surface area contributed by atoms with Gasteiger partial charge in [-0.3, -0.25) is 10.1 Å². The van der Waals surface area contributed by atoms with E-state index in [0.29, 0.717) is 0 Å². The predicted octanol–water partition coefficient (Wildman–Crippen LogP) is -2.02. The summed E-state index contributed by atoms with van der Waals surface area (Å²) in [6, 6.07) is 0. The number of hydrogen-bond acceptors (Lipinski definition) is 4. The Bertz CT molecular complexity index is 53.1. The van der Waals surface area contributed by atoms with E-state index in [2.05, 4.69) is 0 Å². The molecule has 0 spiro atoms. The molecule has 0 amide bonds. The predicted molar refractivity (Wildman–Crippen MR) is 16.5 cm³/mol. The maximum atomic E-state index is 8.36. The molecule has 0 aliphatic rings. The van der Waals surface area contributed by atoms with Gasteiger partial charge in [-0.15, -0.1) is 10.1 Å². The highest BCUT2D eigenvalue weighted by atomic mass is 16.9. The lowest BCUT2D eigenvalue weighted by Gasteiger charge is -1.56. The largest absolute Gasteiger partial charge is 0.328 e. The first-order valence-electron chi connectivity index (χ1n) is 0.973. The van der Waals surface area contributed by atoms with Crippen molar-refractivity contribution in [3.63, 3.8) is 0 Å².